The zero-order chi connectivity index (χ0) is 32.2. The van der Waals surface area contributed by atoms with Gasteiger partial charge in [-0.15, -0.1) is 10.2 Å². The zero-order valence-electron chi connectivity index (χ0n) is 26.0. The fraction of sp³-hybridized carbons (Fsp3) is 0.464. The largest absolute Gasteiger partial charge is 0.394 e. The third-order valence-corrected chi connectivity index (χ3v) is 7.49. The van der Waals surface area contributed by atoms with E-state index in [1.165, 1.54) is 6.07 Å². The van der Waals surface area contributed by atoms with Gasteiger partial charge in [-0.05, 0) is 52.3 Å². The van der Waals surface area contributed by atoms with Crippen LogP contribution in [-0.4, -0.2) is 80.1 Å². The van der Waals surface area contributed by atoms with Crippen LogP contribution in [0, 0.1) is 20.8 Å². The maximum Gasteiger partial charge on any atom is 0.288 e. The molecular weight excluding hydrogens is 586 g/mol. The second kappa shape index (κ2) is 13.7. The molecule has 0 saturated carbocycles. The third kappa shape index (κ3) is 8.07. The predicted molar refractivity (Wildman–Crippen MR) is 167 cm³/mol. The Morgan fingerprint density at radius 2 is 1.59 bits per heavy atom. The normalized spacial score (nSPS) is 13.8. The number of rotatable bonds is 11. The van der Waals surface area contributed by atoms with Gasteiger partial charge in [0.15, 0.2) is 22.9 Å². The molecule has 4 aromatic heterocycles. The third-order valence-electron chi connectivity index (χ3n) is 6.76. The van der Waals surface area contributed by atoms with Crippen LogP contribution in [0.5, 0.6) is 5.75 Å². The van der Waals surface area contributed by atoms with Crippen molar-refractivity contribution in [1.82, 2.24) is 49.7 Å². The van der Waals surface area contributed by atoms with Crippen molar-refractivity contribution in [1.29, 1.82) is 0 Å². The van der Waals surface area contributed by atoms with Gasteiger partial charge in [-0.25, -0.2) is 14.7 Å². The quantitative estimate of drug-likeness (QED) is 0.126. The molecule has 0 radical (unpaired) electrons. The number of nitrogens with zero attached hydrogens (tertiary/aromatic N) is 6. The predicted octanol–water partition coefficient (Wildman–Crippen LogP) is 1.95. The summed E-state index contributed by atoms with van der Waals surface area (Å²) in [6.07, 6.45) is 0. The van der Waals surface area contributed by atoms with E-state index in [1.807, 2.05) is 39.8 Å². The van der Waals surface area contributed by atoms with Gasteiger partial charge >= 0.3 is 0 Å². The minimum atomic E-state index is -1.82. The van der Waals surface area contributed by atoms with Crippen molar-refractivity contribution < 1.29 is 18.3 Å². The Morgan fingerprint density at radius 3 is 2.11 bits per heavy atom. The molecule has 1 aromatic carbocycles. The average molecular weight is 628 g/mol. The van der Waals surface area contributed by atoms with E-state index in [-0.39, 0.29) is 24.3 Å². The molecule has 0 bridgehead atoms. The molecule has 4 heterocycles. The zero-order valence-corrected chi connectivity index (χ0v) is 26.8. The first-order chi connectivity index (χ1) is 20.8. The Balaban J connectivity index is 0.000000281. The van der Waals surface area contributed by atoms with Crippen molar-refractivity contribution in [3.63, 3.8) is 0 Å². The number of aromatic amines is 2. The minimum Gasteiger partial charge on any atom is -0.394 e. The lowest BCUT2D eigenvalue weighted by atomic mass is 10.1. The van der Waals surface area contributed by atoms with Crippen LogP contribution < -0.4 is 20.0 Å². The van der Waals surface area contributed by atoms with Gasteiger partial charge < -0.3 is 20.3 Å². The van der Waals surface area contributed by atoms with Crippen molar-refractivity contribution in [3.8, 4) is 5.75 Å². The van der Waals surface area contributed by atoms with Gasteiger partial charge in [0, 0.05) is 54.0 Å². The Hall–Kier alpha value is -4.12. The highest BCUT2D eigenvalue weighted by atomic mass is 32.2. The summed E-state index contributed by atoms with van der Waals surface area (Å²) in [4.78, 5) is 21.2. The standard InChI is InChI=1S/C20H28N6O4S.C8H13N5/c1-12-6-7-15(19(28)23-20(4,5)11-27)9-16(12)30-31(29)21-10-13(2)18-22-17-8-14(3)24-26(17)25-18;1-5(4-9)8-10-7-3-6(2)11-13(7)12-8/h6-9,13,21,24,27H,10-11H2,1-5H3,(H,23,28);3,5,11H,4,9H2,1-2H3. The Kier molecular flexibility index (Phi) is 10.2. The lowest BCUT2D eigenvalue weighted by Gasteiger charge is -2.23. The van der Waals surface area contributed by atoms with Gasteiger partial charge in [0.25, 0.3) is 17.2 Å². The lowest BCUT2D eigenvalue weighted by Crippen LogP contribution is -2.46. The SMILES string of the molecule is Cc1cc2nc(C(C)CN)nn2[nH]1.Cc1cc2nc(C(C)CNS(=O)Oc3cc(C(=O)NC(C)(C)CO)ccc3C)nn2[nH]1. The molecule has 0 saturated heterocycles. The van der Waals surface area contributed by atoms with Gasteiger partial charge in [-0.1, -0.05) is 19.9 Å². The molecule has 7 N–H and O–H groups in total. The topological polar surface area (TPSA) is 206 Å². The van der Waals surface area contributed by atoms with Crippen LogP contribution in [0.2, 0.25) is 0 Å². The van der Waals surface area contributed by atoms with Gasteiger partial charge in [0.05, 0.1) is 12.1 Å². The number of hydrogen-bond acceptors (Lipinski definition) is 9. The lowest BCUT2D eigenvalue weighted by molar-refractivity contribution is 0.0869. The number of aryl methyl sites for hydroxylation is 3. The highest BCUT2D eigenvalue weighted by Crippen LogP contribution is 2.21. The van der Waals surface area contributed by atoms with E-state index >= 15 is 0 Å². The number of nitrogens with two attached hydrogens (primary N) is 1. The van der Waals surface area contributed by atoms with Crippen molar-refractivity contribution >= 4 is 28.5 Å². The van der Waals surface area contributed by atoms with E-state index in [0.717, 1.165) is 34.1 Å². The van der Waals surface area contributed by atoms with Crippen LogP contribution in [0.3, 0.4) is 0 Å². The number of aliphatic hydroxyl groups is 1. The van der Waals surface area contributed by atoms with E-state index in [0.29, 0.717) is 30.2 Å². The fourth-order valence-corrected chi connectivity index (χ4v) is 4.77. The Bertz CT molecular complexity index is 1690. The smallest absolute Gasteiger partial charge is 0.288 e. The highest BCUT2D eigenvalue weighted by Gasteiger charge is 2.21. The summed E-state index contributed by atoms with van der Waals surface area (Å²) in [6, 6.07) is 8.75. The molecule has 16 heteroatoms. The summed E-state index contributed by atoms with van der Waals surface area (Å²) in [5, 5.41) is 26.9. The first-order valence-corrected chi connectivity index (χ1v) is 15.3. The molecule has 5 aromatic rings. The van der Waals surface area contributed by atoms with E-state index in [1.54, 1.807) is 42.2 Å². The van der Waals surface area contributed by atoms with Gasteiger partial charge in [-0.2, -0.15) is 13.5 Å². The van der Waals surface area contributed by atoms with E-state index in [9.17, 15) is 14.1 Å². The number of carbonyl (C=O) groups excluding carboxylic acids is 1. The maximum atomic E-state index is 12.4. The monoisotopic (exact) mass is 627 g/mol. The summed E-state index contributed by atoms with van der Waals surface area (Å²) in [5.41, 5.74) is 9.46. The number of nitrogens with one attached hydrogen (secondary N) is 4. The molecule has 0 fully saturated rings. The van der Waals surface area contributed by atoms with E-state index < -0.39 is 16.8 Å². The van der Waals surface area contributed by atoms with Crippen LogP contribution in [0.25, 0.3) is 11.3 Å². The fourth-order valence-electron chi connectivity index (χ4n) is 3.99. The van der Waals surface area contributed by atoms with E-state index in [2.05, 4.69) is 40.4 Å². The van der Waals surface area contributed by atoms with E-state index in [4.69, 9.17) is 9.92 Å². The molecule has 5 rings (SSSR count). The molecular formula is C28H41N11O4S. The highest BCUT2D eigenvalue weighted by molar-refractivity contribution is 7.78. The summed E-state index contributed by atoms with van der Waals surface area (Å²) >= 11 is -1.82. The second-order valence-corrected chi connectivity index (χ2v) is 12.5. The molecule has 3 atom stereocenters. The van der Waals surface area contributed by atoms with Crippen molar-refractivity contribution in [2.24, 2.45) is 5.73 Å². The van der Waals surface area contributed by atoms with Crippen molar-refractivity contribution in [2.75, 3.05) is 19.7 Å². The number of H-pyrrole nitrogens is 2. The molecule has 3 unspecified atom stereocenters. The Morgan fingerprint density at radius 1 is 1.02 bits per heavy atom. The molecule has 0 aliphatic rings. The summed E-state index contributed by atoms with van der Waals surface area (Å²) in [6.45, 7) is 13.8. The second-order valence-electron chi connectivity index (χ2n) is 11.5. The maximum absolute atomic E-state index is 12.4. The number of aromatic nitrogens is 8. The Labute approximate surface area is 257 Å². The van der Waals surface area contributed by atoms with Crippen LogP contribution in [-0.2, 0) is 11.3 Å². The van der Waals surface area contributed by atoms with Gasteiger partial charge in [0.2, 0.25) is 0 Å². The number of benzene rings is 1. The number of carbonyl (C=O) groups is 1. The number of aliphatic hydroxyl groups excluding tert-OH is 1. The first kappa shape index (κ1) is 32.8. The number of amides is 1. The van der Waals surface area contributed by atoms with Crippen LogP contribution >= 0.6 is 0 Å². The minimum absolute atomic E-state index is 0.0971. The molecule has 238 valence electrons. The molecule has 44 heavy (non-hydrogen) atoms. The van der Waals surface area contributed by atoms with Crippen LogP contribution in [0.15, 0.2) is 30.3 Å². The van der Waals surface area contributed by atoms with Crippen molar-refractivity contribution in [3.05, 3.63) is 64.5 Å². The number of fused-ring (bicyclic) bond motifs is 2. The summed E-state index contributed by atoms with van der Waals surface area (Å²) in [5.74, 6) is 1.52. The molecule has 0 spiro atoms. The average Bonchev–Trinajstić information content (AvgIpc) is 3.72. The summed E-state index contributed by atoms with van der Waals surface area (Å²) < 4.78 is 24.0. The van der Waals surface area contributed by atoms with Crippen LogP contribution in [0.1, 0.15) is 78.5 Å². The van der Waals surface area contributed by atoms with Crippen molar-refractivity contribution in [2.45, 2.75) is 65.8 Å². The summed E-state index contributed by atoms with van der Waals surface area (Å²) in [7, 11) is 0. The molecule has 0 aliphatic carbocycles. The van der Waals surface area contributed by atoms with Gasteiger partial charge in [0.1, 0.15) is 5.75 Å². The first-order valence-electron chi connectivity index (χ1n) is 14.2. The number of hydrogen-bond donors (Lipinski definition) is 6. The molecule has 0 aliphatic heterocycles. The molecule has 1 amide bonds. The van der Waals surface area contributed by atoms with Crippen LogP contribution in [0.4, 0.5) is 0 Å². The molecule has 15 nitrogen and oxygen atoms in total. The van der Waals surface area contributed by atoms with Gasteiger partial charge in [-0.3, -0.25) is 15.0 Å².